The third-order valence-electron chi connectivity index (χ3n) is 6.10. The quantitative estimate of drug-likeness (QED) is 0.322. The second kappa shape index (κ2) is 9.31. The Balaban J connectivity index is 1.71. The van der Waals surface area contributed by atoms with Gasteiger partial charge in [0.1, 0.15) is 5.57 Å². The largest absolute Gasteiger partial charge is 0.366 e. The molecule has 3 amide bonds. The third kappa shape index (κ3) is 4.52. The molecular formula is C27H26N4O3S. The van der Waals surface area contributed by atoms with Crippen molar-refractivity contribution in [3.8, 4) is 5.69 Å². The Bertz CT molecular complexity index is 1380. The Labute approximate surface area is 209 Å². The summed E-state index contributed by atoms with van der Waals surface area (Å²) in [6, 6.07) is 16.4. The van der Waals surface area contributed by atoms with Gasteiger partial charge in [0.25, 0.3) is 11.8 Å². The van der Waals surface area contributed by atoms with Crippen molar-refractivity contribution in [3.05, 3.63) is 88.2 Å². The van der Waals surface area contributed by atoms with E-state index in [1.807, 2.05) is 48.7 Å². The van der Waals surface area contributed by atoms with Crippen LogP contribution in [0.1, 0.15) is 52.6 Å². The highest BCUT2D eigenvalue weighted by Crippen LogP contribution is 2.27. The van der Waals surface area contributed by atoms with Crippen molar-refractivity contribution < 1.29 is 14.4 Å². The summed E-state index contributed by atoms with van der Waals surface area (Å²) < 4.78 is 1.98. The first-order valence-corrected chi connectivity index (χ1v) is 11.6. The van der Waals surface area contributed by atoms with Crippen molar-refractivity contribution in [2.45, 2.75) is 33.6 Å². The molecule has 1 aromatic heterocycles. The van der Waals surface area contributed by atoms with E-state index in [2.05, 4.69) is 19.2 Å². The third-order valence-corrected chi connectivity index (χ3v) is 6.38. The van der Waals surface area contributed by atoms with Crippen molar-refractivity contribution in [1.82, 2.24) is 9.88 Å². The van der Waals surface area contributed by atoms with E-state index >= 15 is 0 Å². The molecule has 7 nitrogen and oxygen atoms in total. The maximum atomic E-state index is 13.4. The van der Waals surface area contributed by atoms with E-state index in [-0.39, 0.29) is 10.7 Å². The van der Waals surface area contributed by atoms with Crippen molar-refractivity contribution in [2.75, 3.05) is 4.90 Å². The average Bonchev–Trinajstić information content (AvgIpc) is 3.09. The number of aryl methyl sites for hydroxylation is 1. The van der Waals surface area contributed by atoms with Crippen LogP contribution in [0.3, 0.4) is 0 Å². The maximum absolute atomic E-state index is 13.4. The molecule has 178 valence electrons. The number of benzene rings is 2. The van der Waals surface area contributed by atoms with Crippen LogP contribution in [0.25, 0.3) is 11.8 Å². The lowest BCUT2D eigenvalue weighted by Gasteiger charge is -2.29. The number of nitrogens with one attached hydrogen (secondary N) is 1. The Hall–Kier alpha value is -4.04. The van der Waals surface area contributed by atoms with Crippen molar-refractivity contribution in [1.29, 1.82) is 0 Å². The van der Waals surface area contributed by atoms with E-state index < -0.39 is 17.7 Å². The van der Waals surface area contributed by atoms with Crippen LogP contribution >= 0.6 is 12.2 Å². The van der Waals surface area contributed by atoms with Crippen molar-refractivity contribution in [2.24, 2.45) is 5.73 Å². The number of carbonyl (C=O) groups is 3. The Morgan fingerprint density at radius 3 is 2.17 bits per heavy atom. The summed E-state index contributed by atoms with van der Waals surface area (Å²) in [5.74, 6) is -1.16. The number of anilines is 1. The zero-order chi connectivity index (χ0) is 25.4. The first-order valence-electron chi connectivity index (χ1n) is 11.2. The highest BCUT2D eigenvalue weighted by molar-refractivity contribution is 7.80. The Kier molecular flexibility index (Phi) is 6.41. The molecule has 0 bridgehead atoms. The Morgan fingerprint density at radius 2 is 1.60 bits per heavy atom. The van der Waals surface area contributed by atoms with Gasteiger partial charge in [-0.2, -0.15) is 0 Å². The molecule has 1 saturated heterocycles. The molecule has 1 aliphatic heterocycles. The number of nitrogens with two attached hydrogens (primary N) is 1. The smallest absolute Gasteiger partial charge is 0.270 e. The van der Waals surface area contributed by atoms with Crippen LogP contribution in [0.15, 0.2) is 60.2 Å². The molecular weight excluding hydrogens is 460 g/mol. The lowest BCUT2D eigenvalue weighted by Crippen LogP contribution is -2.54. The number of carbonyl (C=O) groups excluding carboxylic acids is 3. The van der Waals surface area contributed by atoms with E-state index in [0.29, 0.717) is 17.2 Å². The number of primary amides is 1. The molecule has 0 radical (unpaired) electrons. The average molecular weight is 487 g/mol. The van der Waals surface area contributed by atoms with Crippen LogP contribution in [0.2, 0.25) is 0 Å². The molecule has 0 aliphatic carbocycles. The van der Waals surface area contributed by atoms with Crippen LogP contribution in [0.4, 0.5) is 5.69 Å². The van der Waals surface area contributed by atoms with Crippen LogP contribution in [-0.4, -0.2) is 27.4 Å². The number of amides is 3. The van der Waals surface area contributed by atoms with Crippen LogP contribution in [0.5, 0.6) is 0 Å². The number of hydrogen-bond donors (Lipinski definition) is 2. The first-order chi connectivity index (χ1) is 16.6. The van der Waals surface area contributed by atoms with Crippen LogP contribution < -0.4 is 16.0 Å². The van der Waals surface area contributed by atoms with Gasteiger partial charge in [-0.25, -0.2) is 0 Å². The maximum Gasteiger partial charge on any atom is 0.270 e. The summed E-state index contributed by atoms with van der Waals surface area (Å²) in [6.45, 7) is 8.02. The number of rotatable bonds is 5. The monoisotopic (exact) mass is 486 g/mol. The van der Waals surface area contributed by atoms with Crippen LogP contribution in [0, 0.1) is 13.8 Å². The van der Waals surface area contributed by atoms with Crippen LogP contribution in [-0.2, 0) is 9.59 Å². The minimum Gasteiger partial charge on any atom is -0.366 e. The minimum absolute atomic E-state index is 0.00383. The van der Waals surface area contributed by atoms with E-state index in [1.165, 1.54) is 4.90 Å². The van der Waals surface area contributed by atoms with E-state index in [1.54, 1.807) is 30.3 Å². The Morgan fingerprint density at radius 1 is 1.00 bits per heavy atom. The number of aromatic nitrogens is 1. The van der Waals surface area contributed by atoms with E-state index in [4.69, 9.17) is 18.0 Å². The normalized spacial score (nSPS) is 15.2. The molecule has 0 spiro atoms. The summed E-state index contributed by atoms with van der Waals surface area (Å²) >= 11 is 5.32. The molecule has 4 rings (SSSR count). The summed E-state index contributed by atoms with van der Waals surface area (Å²) in [6.07, 6.45) is 1.59. The van der Waals surface area contributed by atoms with Crippen molar-refractivity contribution in [3.63, 3.8) is 0 Å². The SMILES string of the molecule is Cc1cc(/C=C2\C(=O)NC(=S)N(c3ccc(C(C)C)cc3)C2=O)c(C)n1-c1ccc(C(N)=O)cc1. The highest BCUT2D eigenvalue weighted by Gasteiger charge is 2.34. The van der Waals surface area contributed by atoms with Gasteiger partial charge in [0.05, 0.1) is 5.69 Å². The van der Waals surface area contributed by atoms with Gasteiger partial charge in [-0.15, -0.1) is 0 Å². The highest BCUT2D eigenvalue weighted by atomic mass is 32.1. The van der Waals surface area contributed by atoms with Gasteiger partial charge in [0.2, 0.25) is 5.91 Å². The van der Waals surface area contributed by atoms with Gasteiger partial charge < -0.3 is 10.3 Å². The summed E-state index contributed by atoms with van der Waals surface area (Å²) in [4.78, 5) is 38.9. The molecule has 3 N–H and O–H groups in total. The van der Waals surface area contributed by atoms with E-state index in [0.717, 1.165) is 28.2 Å². The van der Waals surface area contributed by atoms with Gasteiger partial charge in [0.15, 0.2) is 5.11 Å². The molecule has 0 saturated carbocycles. The van der Waals surface area contributed by atoms with Crippen molar-refractivity contribution >= 4 is 46.8 Å². The van der Waals surface area contributed by atoms with E-state index in [9.17, 15) is 14.4 Å². The number of thiocarbonyl (C=S) groups is 1. The topological polar surface area (TPSA) is 97.4 Å². The molecule has 1 fully saturated rings. The second-order valence-corrected chi connectivity index (χ2v) is 9.16. The predicted molar refractivity (Wildman–Crippen MR) is 140 cm³/mol. The zero-order valence-corrected chi connectivity index (χ0v) is 20.8. The van der Waals surface area contributed by atoms with Gasteiger partial charge in [0, 0.05) is 22.6 Å². The summed E-state index contributed by atoms with van der Waals surface area (Å²) in [5.41, 5.74) is 10.8. The molecule has 35 heavy (non-hydrogen) atoms. The standard InChI is InChI=1S/C27H26N4O3S/c1-15(2)18-5-9-22(10-6-18)31-26(34)23(25(33)29-27(31)35)14-20-13-16(3)30(17(20)4)21-11-7-19(8-12-21)24(28)32/h5-15H,1-4H3,(H2,28,32)(H,29,33,35)/b23-14+. The molecule has 2 aromatic carbocycles. The van der Waals surface area contributed by atoms with Gasteiger partial charge in [-0.05, 0) is 91.7 Å². The molecule has 0 atom stereocenters. The predicted octanol–water partition coefficient (Wildman–Crippen LogP) is 4.15. The fourth-order valence-corrected chi connectivity index (χ4v) is 4.44. The zero-order valence-electron chi connectivity index (χ0n) is 20.0. The fraction of sp³-hybridized carbons (Fsp3) is 0.185. The molecule has 8 heteroatoms. The summed E-state index contributed by atoms with van der Waals surface area (Å²) in [7, 11) is 0. The summed E-state index contributed by atoms with van der Waals surface area (Å²) in [5, 5.41) is 2.68. The lowest BCUT2D eigenvalue weighted by atomic mass is 10.0. The first kappa shape index (κ1) is 24.1. The minimum atomic E-state index is -0.536. The number of nitrogens with zero attached hydrogens (tertiary/aromatic N) is 2. The second-order valence-electron chi connectivity index (χ2n) is 8.78. The molecule has 2 heterocycles. The fourth-order valence-electron chi connectivity index (χ4n) is 4.16. The molecule has 3 aromatic rings. The molecule has 1 aliphatic rings. The number of hydrogen-bond acceptors (Lipinski definition) is 4. The lowest BCUT2D eigenvalue weighted by molar-refractivity contribution is -0.122. The van der Waals surface area contributed by atoms with Gasteiger partial charge >= 0.3 is 0 Å². The van der Waals surface area contributed by atoms with Gasteiger partial charge in [-0.3, -0.25) is 24.6 Å². The van der Waals surface area contributed by atoms with Gasteiger partial charge in [-0.1, -0.05) is 26.0 Å². The molecule has 0 unspecified atom stereocenters.